The summed E-state index contributed by atoms with van der Waals surface area (Å²) < 4.78 is 54.4. The van der Waals surface area contributed by atoms with E-state index in [1.165, 1.54) is 24.5 Å². The van der Waals surface area contributed by atoms with Crippen LogP contribution in [0.2, 0.25) is 0 Å². The van der Waals surface area contributed by atoms with Crippen LogP contribution in [0.3, 0.4) is 0 Å². The summed E-state index contributed by atoms with van der Waals surface area (Å²) in [6.07, 6.45) is -5.03. The van der Waals surface area contributed by atoms with Crippen molar-refractivity contribution < 1.29 is 32.0 Å². The number of carboxylic acids is 1. The second-order valence-electron chi connectivity index (χ2n) is 4.10. The van der Waals surface area contributed by atoms with Crippen LogP contribution in [0.4, 0.5) is 13.2 Å². The summed E-state index contributed by atoms with van der Waals surface area (Å²) in [5.41, 5.74) is -0.736. The summed E-state index contributed by atoms with van der Waals surface area (Å²) in [5.74, 6) is -1.80. The molecule has 0 fully saturated rings. The summed E-state index contributed by atoms with van der Waals surface area (Å²) in [7, 11) is -1.33. The molecule has 1 aromatic carbocycles. The van der Waals surface area contributed by atoms with Gasteiger partial charge in [0.15, 0.2) is 0 Å². The normalized spacial score (nSPS) is 19.6. The highest BCUT2D eigenvalue weighted by Gasteiger charge is 2.48. The number of hydrogen-bond acceptors (Lipinski definition) is 3. The molecule has 2 atom stereocenters. The molecule has 1 aliphatic rings. The Bertz CT molecular complexity index is 622. The number of benzene rings is 1. The number of alkyl halides is 3. The molecule has 2 rings (SSSR count). The van der Waals surface area contributed by atoms with E-state index in [0.29, 0.717) is 4.90 Å². The van der Waals surface area contributed by atoms with Crippen molar-refractivity contribution in [3.63, 3.8) is 0 Å². The van der Waals surface area contributed by atoms with E-state index in [4.69, 9.17) is 9.84 Å². The van der Waals surface area contributed by atoms with Gasteiger partial charge < -0.3 is 9.84 Å². The van der Waals surface area contributed by atoms with Crippen LogP contribution < -0.4 is 4.74 Å². The monoisotopic (exact) mass is 306 g/mol. The SMILES string of the molecule is C[S@](=O)c1ccc2c(c1)C=C(C(=O)O)C(C(F)(F)F)O2. The van der Waals surface area contributed by atoms with Gasteiger partial charge in [-0.15, -0.1) is 0 Å². The molecule has 0 amide bonds. The third-order valence-corrected chi connectivity index (χ3v) is 3.61. The number of halogens is 3. The van der Waals surface area contributed by atoms with Gasteiger partial charge in [-0.2, -0.15) is 13.2 Å². The molecular weight excluding hydrogens is 297 g/mol. The van der Waals surface area contributed by atoms with Crippen LogP contribution in [0.1, 0.15) is 5.56 Å². The maximum Gasteiger partial charge on any atom is 0.430 e. The van der Waals surface area contributed by atoms with Crippen LogP contribution in [0.25, 0.3) is 6.08 Å². The van der Waals surface area contributed by atoms with Crippen molar-refractivity contribution in [3.05, 3.63) is 29.3 Å². The molecule has 1 unspecified atom stereocenters. The molecule has 0 aromatic heterocycles. The van der Waals surface area contributed by atoms with Gasteiger partial charge in [0.1, 0.15) is 5.75 Å². The number of rotatable bonds is 2. The van der Waals surface area contributed by atoms with Crippen LogP contribution in [0.5, 0.6) is 5.75 Å². The highest BCUT2D eigenvalue weighted by atomic mass is 32.2. The number of aliphatic carboxylic acids is 1. The summed E-state index contributed by atoms with van der Waals surface area (Å²) in [6, 6.07) is 3.98. The minimum Gasteiger partial charge on any atom is -0.478 e. The number of carbonyl (C=O) groups is 1. The Morgan fingerprint density at radius 3 is 2.55 bits per heavy atom. The van der Waals surface area contributed by atoms with Gasteiger partial charge in [0.05, 0.1) is 5.57 Å². The number of ether oxygens (including phenoxy) is 1. The lowest BCUT2D eigenvalue weighted by molar-refractivity contribution is -0.187. The van der Waals surface area contributed by atoms with Crippen molar-refractivity contribution in [2.75, 3.05) is 6.26 Å². The van der Waals surface area contributed by atoms with E-state index in [1.54, 1.807) is 0 Å². The standard InChI is InChI=1S/C12H9F3O4S/c1-20(18)7-2-3-9-6(4-7)5-8(11(16)17)10(19-9)12(13,14)15/h2-5,10H,1H3,(H,16,17)/t10?,20-/m0/s1. The van der Waals surface area contributed by atoms with Crippen molar-refractivity contribution in [1.82, 2.24) is 0 Å². The Morgan fingerprint density at radius 1 is 1.40 bits per heavy atom. The molecule has 1 heterocycles. The largest absolute Gasteiger partial charge is 0.478 e. The van der Waals surface area contributed by atoms with E-state index < -0.39 is 34.6 Å². The summed E-state index contributed by atoms with van der Waals surface area (Å²) >= 11 is 0. The Labute approximate surface area is 114 Å². The molecule has 1 aromatic rings. The Morgan fingerprint density at radius 2 is 2.05 bits per heavy atom. The van der Waals surface area contributed by atoms with Crippen molar-refractivity contribution in [1.29, 1.82) is 0 Å². The van der Waals surface area contributed by atoms with Crippen LogP contribution in [0, 0.1) is 0 Å². The van der Waals surface area contributed by atoms with Gasteiger partial charge in [-0.1, -0.05) is 0 Å². The van der Waals surface area contributed by atoms with Crippen LogP contribution in [0.15, 0.2) is 28.7 Å². The zero-order valence-electron chi connectivity index (χ0n) is 10.1. The fraction of sp³-hybridized carbons (Fsp3) is 0.250. The van der Waals surface area contributed by atoms with E-state index >= 15 is 0 Å². The third-order valence-electron chi connectivity index (χ3n) is 2.70. The predicted molar refractivity (Wildman–Crippen MR) is 64.9 cm³/mol. The predicted octanol–water partition coefficient (Wildman–Crippen LogP) is 2.22. The molecule has 8 heteroatoms. The first-order chi connectivity index (χ1) is 9.20. The smallest absolute Gasteiger partial charge is 0.430 e. The molecule has 0 saturated heterocycles. The maximum atomic E-state index is 12.8. The second-order valence-corrected chi connectivity index (χ2v) is 5.48. The molecule has 1 N–H and O–H groups in total. The highest BCUT2D eigenvalue weighted by molar-refractivity contribution is 7.84. The van der Waals surface area contributed by atoms with Crippen molar-refractivity contribution >= 4 is 22.8 Å². The lowest BCUT2D eigenvalue weighted by Crippen LogP contribution is -2.40. The first-order valence-electron chi connectivity index (χ1n) is 5.36. The molecule has 1 aliphatic heterocycles. The minimum atomic E-state index is -4.83. The Kier molecular flexibility index (Phi) is 3.59. The average molecular weight is 306 g/mol. The van der Waals surface area contributed by atoms with Crippen molar-refractivity contribution in [2.24, 2.45) is 0 Å². The van der Waals surface area contributed by atoms with Gasteiger partial charge in [0.2, 0.25) is 6.10 Å². The second kappa shape index (κ2) is 4.93. The Balaban J connectivity index is 2.54. The number of fused-ring (bicyclic) bond motifs is 1. The first-order valence-corrected chi connectivity index (χ1v) is 6.91. The van der Waals surface area contributed by atoms with Gasteiger partial charge in [-0.25, -0.2) is 4.79 Å². The van der Waals surface area contributed by atoms with Gasteiger partial charge in [-0.05, 0) is 24.3 Å². The quantitative estimate of drug-likeness (QED) is 0.910. The molecular formula is C12H9F3O4S. The molecule has 0 spiro atoms. The van der Waals surface area contributed by atoms with E-state index in [-0.39, 0.29) is 11.3 Å². The number of hydrogen-bond donors (Lipinski definition) is 1. The molecule has 20 heavy (non-hydrogen) atoms. The summed E-state index contributed by atoms with van der Waals surface area (Å²) in [6.45, 7) is 0. The van der Waals surface area contributed by atoms with Gasteiger partial charge in [0.25, 0.3) is 0 Å². The molecule has 0 saturated carbocycles. The molecule has 0 aliphatic carbocycles. The molecule has 0 bridgehead atoms. The van der Waals surface area contributed by atoms with E-state index in [2.05, 4.69) is 0 Å². The highest BCUT2D eigenvalue weighted by Crippen LogP contribution is 2.37. The molecule has 4 nitrogen and oxygen atoms in total. The fourth-order valence-corrected chi connectivity index (χ4v) is 2.33. The van der Waals surface area contributed by atoms with Gasteiger partial charge >= 0.3 is 12.1 Å². The number of carboxylic acid groups (broad SMARTS) is 1. The topological polar surface area (TPSA) is 63.6 Å². The zero-order chi connectivity index (χ0) is 15.1. The average Bonchev–Trinajstić information content (AvgIpc) is 2.35. The van der Waals surface area contributed by atoms with Crippen LogP contribution in [-0.4, -0.2) is 33.8 Å². The fourth-order valence-electron chi connectivity index (χ4n) is 1.78. The minimum absolute atomic E-state index is 0.0912. The zero-order valence-corrected chi connectivity index (χ0v) is 10.9. The van der Waals surface area contributed by atoms with E-state index in [1.807, 2.05) is 0 Å². The van der Waals surface area contributed by atoms with Crippen LogP contribution >= 0.6 is 0 Å². The third kappa shape index (κ3) is 2.69. The molecule has 0 radical (unpaired) electrons. The molecule has 108 valence electrons. The first kappa shape index (κ1) is 14.6. The van der Waals surface area contributed by atoms with Crippen molar-refractivity contribution in [3.8, 4) is 5.75 Å². The Hall–Kier alpha value is -1.83. The van der Waals surface area contributed by atoms with Crippen molar-refractivity contribution in [2.45, 2.75) is 17.2 Å². The van der Waals surface area contributed by atoms with Gasteiger partial charge in [0, 0.05) is 27.5 Å². The van der Waals surface area contributed by atoms with E-state index in [9.17, 15) is 22.2 Å². The van der Waals surface area contributed by atoms with Crippen LogP contribution in [-0.2, 0) is 15.6 Å². The lowest BCUT2D eigenvalue weighted by atomic mass is 10.0. The summed E-state index contributed by atoms with van der Waals surface area (Å²) in [4.78, 5) is 11.3. The maximum absolute atomic E-state index is 12.8. The van der Waals surface area contributed by atoms with Gasteiger partial charge in [-0.3, -0.25) is 4.21 Å². The lowest BCUT2D eigenvalue weighted by Gasteiger charge is -2.27. The summed E-state index contributed by atoms with van der Waals surface area (Å²) in [5, 5.41) is 8.87. The van der Waals surface area contributed by atoms with E-state index in [0.717, 1.165) is 6.08 Å².